The van der Waals surface area contributed by atoms with Gasteiger partial charge >= 0.3 is 11.9 Å². The van der Waals surface area contributed by atoms with Crippen molar-refractivity contribution in [3.63, 3.8) is 0 Å². The average Bonchev–Trinajstić information content (AvgIpc) is 2.78. The van der Waals surface area contributed by atoms with Crippen LogP contribution in [0.3, 0.4) is 0 Å². The first kappa shape index (κ1) is 33.3. The largest absolute Gasteiger partial charge is 0.469 e. The van der Waals surface area contributed by atoms with Gasteiger partial charge in [-0.2, -0.15) is 8.42 Å². The third-order valence-corrected chi connectivity index (χ3v) is 7.20. The molecule has 11 heteroatoms. The van der Waals surface area contributed by atoms with Gasteiger partial charge in [0.2, 0.25) is 0 Å². The summed E-state index contributed by atoms with van der Waals surface area (Å²) >= 11 is 0.995. The maximum atomic E-state index is 12.0. The summed E-state index contributed by atoms with van der Waals surface area (Å²) in [4.78, 5) is 34.7. The molecule has 0 bridgehead atoms. The molecule has 0 aromatic carbocycles. The van der Waals surface area contributed by atoms with Gasteiger partial charge in [0.05, 0.1) is 25.6 Å². The van der Waals surface area contributed by atoms with E-state index in [4.69, 9.17) is 13.7 Å². The van der Waals surface area contributed by atoms with E-state index in [1.807, 2.05) is 12.2 Å². The molecular weight excluding hydrogens is 520 g/mol. The van der Waals surface area contributed by atoms with E-state index >= 15 is 0 Å². The molecule has 0 spiro atoms. The monoisotopic (exact) mass is 562 g/mol. The van der Waals surface area contributed by atoms with Crippen LogP contribution in [0.4, 0.5) is 0 Å². The van der Waals surface area contributed by atoms with Crippen LogP contribution < -0.4 is 0 Å². The summed E-state index contributed by atoms with van der Waals surface area (Å²) < 4.78 is 45.9. The van der Waals surface area contributed by atoms with Crippen LogP contribution in [0, 0.1) is 5.92 Å². The molecule has 0 saturated carbocycles. The van der Waals surface area contributed by atoms with Crippen LogP contribution in [0.2, 0.25) is 0 Å². The Hall–Kier alpha value is -1.69. The Balaban J connectivity index is 3.13. The molecule has 1 fully saturated rings. The number of carbonyl (C=O) groups is 3. The van der Waals surface area contributed by atoms with Gasteiger partial charge < -0.3 is 14.2 Å². The quantitative estimate of drug-likeness (QED) is 0.113. The van der Waals surface area contributed by atoms with Crippen molar-refractivity contribution in [2.45, 2.75) is 102 Å². The molecule has 0 unspecified atom stereocenters. The van der Waals surface area contributed by atoms with Gasteiger partial charge in [0.25, 0.3) is 10.1 Å². The average molecular weight is 563 g/mol. The Labute approximate surface area is 225 Å². The number of unbranched alkanes of at least 4 members (excludes halogenated alkanes) is 3. The number of ether oxygens (including phenoxy) is 3. The van der Waals surface area contributed by atoms with E-state index in [0.717, 1.165) is 37.3 Å². The van der Waals surface area contributed by atoms with Crippen molar-refractivity contribution in [1.29, 1.82) is 0 Å². The third kappa shape index (κ3) is 15.3. The lowest BCUT2D eigenvalue weighted by atomic mass is 9.87. The third-order valence-electron chi connectivity index (χ3n) is 5.71. The van der Waals surface area contributed by atoms with Crippen LogP contribution in [0.5, 0.6) is 0 Å². The summed E-state index contributed by atoms with van der Waals surface area (Å²) in [7, 11) is -2.41. The molecule has 0 radical (unpaired) electrons. The zero-order valence-corrected chi connectivity index (χ0v) is 24.2. The van der Waals surface area contributed by atoms with E-state index in [9.17, 15) is 22.8 Å². The van der Waals surface area contributed by atoms with Gasteiger partial charge in [-0.15, -0.1) is 0 Å². The molecule has 0 amide bonds. The maximum absolute atomic E-state index is 12.0. The van der Waals surface area contributed by atoms with Crippen molar-refractivity contribution in [3.05, 3.63) is 24.3 Å². The van der Waals surface area contributed by atoms with E-state index in [0.29, 0.717) is 32.1 Å². The molecule has 1 aliphatic rings. The fourth-order valence-corrected chi connectivity index (χ4v) is 5.56. The lowest BCUT2D eigenvalue weighted by Crippen LogP contribution is -2.44. The topological polar surface area (TPSA) is 122 Å². The molecule has 212 valence electrons. The highest BCUT2D eigenvalue weighted by atomic mass is 32.2. The minimum Gasteiger partial charge on any atom is -0.469 e. The van der Waals surface area contributed by atoms with Crippen LogP contribution in [0.1, 0.15) is 78.6 Å². The Morgan fingerprint density at radius 3 is 2.46 bits per heavy atom. The number of rotatable bonds is 16. The van der Waals surface area contributed by atoms with Gasteiger partial charge in [-0.3, -0.25) is 18.6 Å². The van der Waals surface area contributed by atoms with Gasteiger partial charge in [-0.1, -0.05) is 49.8 Å². The van der Waals surface area contributed by atoms with Crippen molar-refractivity contribution in [3.8, 4) is 0 Å². The fraction of sp³-hybridized carbons (Fsp3) is 0.731. The number of esters is 2. The lowest BCUT2D eigenvalue weighted by molar-refractivity contribution is -0.144. The number of allylic oxidation sites excluding steroid dienone is 2. The molecule has 1 saturated heterocycles. The number of methoxy groups -OCH3 is 1. The van der Waals surface area contributed by atoms with E-state index in [-0.39, 0.29) is 29.4 Å². The number of carbonyl (C=O) groups excluding carboxylic acids is 3. The second-order valence-electron chi connectivity index (χ2n) is 9.08. The summed E-state index contributed by atoms with van der Waals surface area (Å²) in [5.41, 5.74) is -0.577. The SMILES string of the molecule is CCCCC[C@@H](/C=C/[C@H]1O[C@H](SC(C)=O)C[C@@H](OS(C)(=O)=O)[C@@H]1C/C=C\CCCC(=O)OC)OC(C)=O. The van der Waals surface area contributed by atoms with E-state index < -0.39 is 33.9 Å². The highest BCUT2D eigenvalue weighted by molar-refractivity contribution is 8.13. The Bertz CT molecular complexity index is 882. The normalized spacial score (nSPS) is 23.3. The lowest BCUT2D eigenvalue weighted by Gasteiger charge is -2.39. The zero-order chi connectivity index (χ0) is 27.8. The molecule has 0 aromatic rings. The van der Waals surface area contributed by atoms with Gasteiger partial charge in [-0.25, -0.2) is 0 Å². The van der Waals surface area contributed by atoms with Crippen molar-refractivity contribution < 1.29 is 41.2 Å². The Kier molecular flexibility index (Phi) is 16.0. The molecule has 5 atom stereocenters. The molecular formula is C26H42O9S2. The Morgan fingerprint density at radius 2 is 1.86 bits per heavy atom. The highest BCUT2D eigenvalue weighted by Gasteiger charge is 2.40. The second kappa shape index (κ2) is 17.8. The van der Waals surface area contributed by atoms with Gasteiger partial charge in [0.1, 0.15) is 11.5 Å². The van der Waals surface area contributed by atoms with Crippen LogP contribution in [0.25, 0.3) is 0 Å². The minimum absolute atomic E-state index is 0.146. The van der Waals surface area contributed by atoms with Gasteiger partial charge in [0, 0.05) is 32.6 Å². The first-order valence-electron chi connectivity index (χ1n) is 12.7. The first-order valence-corrected chi connectivity index (χ1v) is 15.4. The molecule has 0 aliphatic carbocycles. The molecule has 9 nitrogen and oxygen atoms in total. The second-order valence-corrected chi connectivity index (χ2v) is 12.0. The summed E-state index contributed by atoms with van der Waals surface area (Å²) in [6.45, 7) is 4.88. The summed E-state index contributed by atoms with van der Waals surface area (Å²) in [5, 5.41) is -0.146. The smallest absolute Gasteiger partial charge is 0.305 e. The molecule has 0 aromatic heterocycles. The Morgan fingerprint density at radius 1 is 1.14 bits per heavy atom. The van der Waals surface area contributed by atoms with Gasteiger partial charge in [-0.05, 0) is 38.2 Å². The first-order chi connectivity index (χ1) is 17.4. The molecule has 1 heterocycles. The summed E-state index contributed by atoms with van der Waals surface area (Å²) in [5.74, 6) is -1.01. The predicted octanol–water partition coefficient (Wildman–Crippen LogP) is 4.70. The van der Waals surface area contributed by atoms with Crippen LogP contribution >= 0.6 is 11.8 Å². The molecule has 1 rings (SSSR count). The highest BCUT2D eigenvalue weighted by Crippen LogP contribution is 2.37. The van der Waals surface area contributed by atoms with Crippen LogP contribution in [-0.2, 0) is 42.9 Å². The van der Waals surface area contributed by atoms with Crippen molar-refractivity contribution in [2.24, 2.45) is 5.92 Å². The number of thioether (sulfide) groups is 1. The maximum Gasteiger partial charge on any atom is 0.305 e. The van der Waals surface area contributed by atoms with E-state index in [2.05, 4.69) is 11.7 Å². The van der Waals surface area contributed by atoms with E-state index in [1.54, 1.807) is 12.2 Å². The molecule has 37 heavy (non-hydrogen) atoms. The summed E-state index contributed by atoms with van der Waals surface area (Å²) in [6, 6.07) is 0. The number of hydrogen-bond donors (Lipinski definition) is 0. The molecule has 0 N–H and O–H groups in total. The van der Waals surface area contributed by atoms with Crippen molar-refractivity contribution in [2.75, 3.05) is 13.4 Å². The number of hydrogen-bond acceptors (Lipinski definition) is 10. The van der Waals surface area contributed by atoms with E-state index in [1.165, 1.54) is 21.0 Å². The zero-order valence-electron chi connectivity index (χ0n) is 22.6. The standard InChI is InChI=1S/C26H42O9S2/c1-6-7-10-13-21(33-19(2)27)16-17-23-22(14-11-8-9-12-15-25(29)32-4)24(35-37(5,30)31)18-26(34-23)36-20(3)28/h8,11,16-17,21-24,26H,6-7,9-10,12-15,18H2,1-5H3/b11-8-,17-16+/t21-,22+,23+,24+,26+/m0/s1. The predicted molar refractivity (Wildman–Crippen MR) is 143 cm³/mol. The van der Waals surface area contributed by atoms with Crippen molar-refractivity contribution >= 4 is 38.9 Å². The minimum atomic E-state index is -3.76. The van der Waals surface area contributed by atoms with Crippen molar-refractivity contribution in [1.82, 2.24) is 0 Å². The van der Waals surface area contributed by atoms with Crippen LogP contribution in [-0.4, -0.2) is 62.6 Å². The fourth-order valence-electron chi connectivity index (χ4n) is 4.05. The van der Waals surface area contributed by atoms with Gasteiger partial charge in [0.15, 0.2) is 5.12 Å². The molecule has 1 aliphatic heterocycles. The van der Waals surface area contributed by atoms with Crippen LogP contribution in [0.15, 0.2) is 24.3 Å². The summed E-state index contributed by atoms with van der Waals surface area (Å²) in [6.07, 6.45) is 12.6.